The Bertz CT molecular complexity index is 652. The topological polar surface area (TPSA) is 53.1 Å². The van der Waals surface area contributed by atoms with E-state index in [4.69, 9.17) is 4.74 Å². The lowest BCUT2D eigenvalue weighted by Gasteiger charge is -2.35. The minimum Gasteiger partial charge on any atom is -0.497 e. The van der Waals surface area contributed by atoms with Crippen LogP contribution in [0.5, 0.6) is 5.75 Å². The zero-order valence-electron chi connectivity index (χ0n) is 17.5. The monoisotopic (exact) mass is 419 g/mol. The fourth-order valence-electron chi connectivity index (χ4n) is 3.85. The molecule has 0 spiro atoms. The maximum atomic E-state index is 12.5. The lowest BCUT2D eigenvalue weighted by Crippen LogP contribution is -2.51. The molecule has 2 aliphatic rings. The van der Waals surface area contributed by atoms with Crippen molar-refractivity contribution in [2.45, 2.75) is 37.0 Å². The van der Waals surface area contributed by atoms with Gasteiger partial charge < -0.3 is 14.5 Å². The number of ether oxygens (including phenoxy) is 1. The minimum absolute atomic E-state index is 0.213. The van der Waals surface area contributed by atoms with Crippen molar-refractivity contribution in [2.24, 2.45) is 0 Å². The summed E-state index contributed by atoms with van der Waals surface area (Å²) in [6, 6.07) is 7.93. The SMILES string of the molecule is COc1ccc(SCCC(=O)N2CCN(CC(=O)N3CCCCCC3)CC2)cc1. The molecule has 0 atom stereocenters. The average Bonchev–Trinajstić information content (AvgIpc) is 3.04. The van der Waals surface area contributed by atoms with Gasteiger partial charge in [0.2, 0.25) is 11.8 Å². The number of carbonyl (C=O) groups excluding carboxylic acids is 2. The van der Waals surface area contributed by atoms with Crippen molar-refractivity contribution >= 4 is 23.6 Å². The predicted octanol–water partition coefficient (Wildman–Crippen LogP) is 2.72. The fraction of sp³-hybridized carbons (Fsp3) is 0.636. The van der Waals surface area contributed by atoms with Crippen LogP contribution in [-0.2, 0) is 9.59 Å². The molecule has 0 aromatic heterocycles. The van der Waals surface area contributed by atoms with Gasteiger partial charge in [-0.25, -0.2) is 0 Å². The van der Waals surface area contributed by atoms with E-state index in [0.717, 1.165) is 68.5 Å². The molecule has 0 radical (unpaired) electrons. The van der Waals surface area contributed by atoms with Gasteiger partial charge >= 0.3 is 0 Å². The molecule has 7 heteroatoms. The third-order valence-electron chi connectivity index (χ3n) is 5.69. The third kappa shape index (κ3) is 6.93. The highest BCUT2D eigenvalue weighted by Gasteiger charge is 2.24. The standard InChI is InChI=1S/C22H33N3O3S/c1-28-19-6-8-20(9-7-19)29-17-10-21(26)25-15-13-23(14-16-25)18-22(27)24-11-4-2-3-5-12-24/h6-9H,2-5,10-18H2,1H3. The van der Waals surface area contributed by atoms with E-state index in [0.29, 0.717) is 13.0 Å². The predicted molar refractivity (Wildman–Crippen MR) is 116 cm³/mol. The Morgan fingerprint density at radius 2 is 1.48 bits per heavy atom. The summed E-state index contributed by atoms with van der Waals surface area (Å²) in [6.07, 6.45) is 5.27. The summed E-state index contributed by atoms with van der Waals surface area (Å²) in [5.41, 5.74) is 0. The molecule has 2 fully saturated rings. The van der Waals surface area contributed by atoms with Gasteiger partial charge in [0.15, 0.2) is 0 Å². The van der Waals surface area contributed by atoms with Crippen LogP contribution in [-0.4, -0.2) is 85.2 Å². The van der Waals surface area contributed by atoms with Crippen molar-refractivity contribution in [2.75, 3.05) is 58.7 Å². The molecule has 0 aliphatic carbocycles. The molecule has 0 N–H and O–H groups in total. The second-order valence-electron chi connectivity index (χ2n) is 7.73. The summed E-state index contributed by atoms with van der Waals surface area (Å²) < 4.78 is 5.17. The lowest BCUT2D eigenvalue weighted by atomic mass is 10.2. The Labute approximate surface area is 178 Å². The van der Waals surface area contributed by atoms with Gasteiger partial charge in [-0.05, 0) is 37.1 Å². The quantitative estimate of drug-likeness (QED) is 0.636. The number of nitrogens with zero attached hydrogens (tertiary/aromatic N) is 3. The van der Waals surface area contributed by atoms with E-state index in [1.54, 1.807) is 18.9 Å². The molecule has 6 nitrogen and oxygen atoms in total. The molecule has 2 aliphatic heterocycles. The van der Waals surface area contributed by atoms with E-state index in [-0.39, 0.29) is 11.8 Å². The minimum atomic E-state index is 0.213. The Hall–Kier alpha value is -1.73. The van der Waals surface area contributed by atoms with Crippen LogP contribution in [0.2, 0.25) is 0 Å². The summed E-state index contributed by atoms with van der Waals surface area (Å²) in [5.74, 6) is 2.09. The van der Waals surface area contributed by atoms with Crippen molar-refractivity contribution in [3.05, 3.63) is 24.3 Å². The van der Waals surface area contributed by atoms with Gasteiger partial charge in [-0.1, -0.05) is 12.8 Å². The van der Waals surface area contributed by atoms with Crippen molar-refractivity contribution < 1.29 is 14.3 Å². The molecule has 2 saturated heterocycles. The number of methoxy groups -OCH3 is 1. The number of hydrogen-bond acceptors (Lipinski definition) is 5. The highest BCUT2D eigenvalue weighted by atomic mass is 32.2. The van der Waals surface area contributed by atoms with Crippen LogP contribution >= 0.6 is 11.8 Å². The maximum absolute atomic E-state index is 12.5. The van der Waals surface area contributed by atoms with E-state index in [2.05, 4.69) is 4.90 Å². The Balaban J connectivity index is 1.33. The fourth-order valence-corrected chi connectivity index (χ4v) is 4.69. The van der Waals surface area contributed by atoms with Crippen LogP contribution in [0.25, 0.3) is 0 Å². The van der Waals surface area contributed by atoms with Crippen molar-refractivity contribution in [1.82, 2.24) is 14.7 Å². The molecule has 2 heterocycles. The van der Waals surface area contributed by atoms with Crippen molar-refractivity contribution in [3.63, 3.8) is 0 Å². The summed E-state index contributed by atoms with van der Waals surface area (Å²) in [4.78, 5) is 32.4. The smallest absolute Gasteiger partial charge is 0.236 e. The van der Waals surface area contributed by atoms with Gasteiger partial charge in [0, 0.05) is 56.3 Å². The molecule has 2 amide bonds. The van der Waals surface area contributed by atoms with Crippen LogP contribution in [0.3, 0.4) is 0 Å². The highest BCUT2D eigenvalue weighted by Crippen LogP contribution is 2.22. The number of likely N-dealkylation sites (tertiary alicyclic amines) is 1. The van der Waals surface area contributed by atoms with Crippen LogP contribution < -0.4 is 4.74 Å². The van der Waals surface area contributed by atoms with Gasteiger partial charge in [-0.2, -0.15) is 0 Å². The number of carbonyl (C=O) groups is 2. The number of amides is 2. The summed E-state index contributed by atoms with van der Waals surface area (Å²) in [6.45, 7) is 5.33. The first-order valence-electron chi connectivity index (χ1n) is 10.7. The van der Waals surface area contributed by atoms with E-state index in [1.807, 2.05) is 34.1 Å². The zero-order chi connectivity index (χ0) is 20.5. The first-order valence-corrected chi connectivity index (χ1v) is 11.7. The third-order valence-corrected chi connectivity index (χ3v) is 6.70. The molecular formula is C22H33N3O3S. The molecule has 3 rings (SSSR count). The number of hydrogen-bond donors (Lipinski definition) is 0. The van der Waals surface area contributed by atoms with Gasteiger partial charge in [-0.15, -0.1) is 11.8 Å². The molecule has 0 bridgehead atoms. The average molecular weight is 420 g/mol. The summed E-state index contributed by atoms with van der Waals surface area (Å²) in [7, 11) is 1.66. The number of rotatable bonds is 7. The second-order valence-corrected chi connectivity index (χ2v) is 8.89. The van der Waals surface area contributed by atoms with Crippen molar-refractivity contribution in [1.29, 1.82) is 0 Å². The van der Waals surface area contributed by atoms with E-state index < -0.39 is 0 Å². The number of benzene rings is 1. The van der Waals surface area contributed by atoms with Gasteiger partial charge in [0.1, 0.15) is 5.75 Å². The Morgan fingerprint density at radius 3 is 2.10 bits per heavy atom. The van der Waals surface area contributed by atoms with Crippen molar-refractivity contribution in [3.8, 4) is 5.75 Å². The molecule has 1 aromatic rings. The van der Waals surface area contributed by atoms with Gasteiger partial charge in [0.25, 0.3) is 0 Å². The number of piperazine rings is 1. The van der Waals surface area contributed by atoms with Gasteiger partial charge in [0.05, 0.1) is 13.7 Å². The van der Waals surface area contributed by atoms with E-state index in [9.17, 15) is 9.59 Å². The Kier molecular flexibility index (Phi) is 8.68. The highest BCUT2D eigenvalue weighted by molar-refractivity contribution is 7.99. The molecule has 1 aromatic carbocycles. The molecule has 0 unspecified atom stereocenters. The maximum Gasteiger partial charge on any atom is 0.236 e. The summed E-state index contributed by atoms with van der Waals surface area (Å²) in [5, 5.41) is 0. The molecule has 0 saturated carbocycles. The first-order chi connectivity index (χ1) is 14.2. The largest absolute Gasteiger partial charge is 0.497 e. The van der Waals surface area contributed by atoms with Crippen LogP contribution in [0, 0.1) is 0 Å². The lowest BCUT2D eigenvalue weighted by molar-refractivity contribution is -0.134. The molecule has 29 heavy (non-hydrogen) atoms. The van der Waals surface area contributed by atoms with Gasteiger partial charge in [-0.3, -0.25) is 14.5 Å². The number of thioether (sulfide) groups is 1. The van der Waals surface area contributed by atoms with Crippen LogP contribution in [0.15, 0.2) is 29.2 Å². The van der Waals surface area contributed by atoms with Crippen LogP contribution in [0.1, 0.15) is 32.1 Å². The summed E-state index contributed by atoms with van der Waals surface area (Å²) >= 11 is 1.69. The van der Waals surface area contributed by atoms with Crippen LogP contribution in [0.4, 0.5) is 0 Å². The Morgan fingerprint density at radius 1 is 0.862 bits per heavy atom. The molecule has 160 valence electrons. The second kappa shape index (κ2) is 11.5. The van der Waals surface area contributed by atoms with E-state index in [1.165, 1.54) is 12.8 Å². The zero-order valence-corrected chi connectivity index (χ0v) is 18.3. The first kappa shape index (κ1) is 22.0. The normalized spacial score (nSPS) is 18.4. The molecular weight excluding hydrogens is 386 g/mol. The van der Waals surface area contributed by atoms with E-state index >= 15 is 0 Å².